The molecular formula is C18H21N5. The maximum atomic E-state index is 4.67. The van der Waals surface area contributed by atoms with E-state index in [4.69, 9.17) is 0 Å². The van der Waals surface area contributed by atoms with Crippen molar-refractivity contribution < 1.29 is 0 Å². The highest BCUT2D eigenvalue weighted by Gasteiger charge is 2.20. The molecule has 5 heteroatoms. The molecule has 5 nitrogen and oxygen atoms in total. The number of fused-ring (bicyclic) bond motifs is 1. The fourth-order valence-corrected chi connectivity index (χ4v) is 3.22. The van der Waals surface area contributed by atoms with E-state index in [-0.39, 0.29) is 0 Å². The maximum absolute atomic E-state index is 4.67. The Hall–Kier alpha value is -2.40. The van der Waals surface area contributed by atoms with E-state index in [1.54, 1.807) is 0 Å². The molecular weight excluding hydrogens is 286 g/mol. The summed E-state index contributed by atoms with van der Waals surface area (Å²) in [6, 6.07) is 12.3. The van der Waals surface area contributed by atoms with Gasteiger partial charge in [-0.15, -0.1) is 0 Å². The number of para-hydroxylation sites is 2. The third kappa shape index (κ3) is 2.92. The van der Waals surface area contributed by atoms with E-state index in [1.807, 2.05) is 24.4 Å². The van der Waals surface area contributed by atoms with Gasteiger partial charge in [0, 0.05) is 32.4 Å². The molecule has 0 radical (unpaired) electrons. The van der Waals surface area contributed by atoms with E-state index in [0.29, 0.717) is 0 Å². The predicted octanol–water partition coefficient (Wildman–Crippen LogP) is 2.59. The van der Waals surface area contributed by atoms with Gasteiger partial charge in [-0.2, -0.15) is 0 Å². The van der Waals surface area contributed by atoms with E-state index in [9.17, 15) is 0 Å². The quantitative estimate of drug-likeness (QED) is 0.808. The fourth-order valence-electron chi connectivity index (χ4n) is 3.22. The molecule has 0 unspecified atom stereocenters. The van der Waals surface area contributed by atoms with Crippen LogP contribution in [0.2, 0.25) is 0 Å². The monoisotopic (exact) mass is 307 g/mol. The number of pyridine rings is 1. The Balaban J connectivity index is 1.41. The second-order valence-electron chi connectivity index (χ2n) is 6.11. The molecule has 0 bridgehead atoms. The first-order chi connectivity index (χ1) is 11.3. The van der Waals surface area contributed by atoms with Gasteiger partial charge in [0.1, 0.15) is 11.6 Å². The molecule has 4 rings (SSSR count). The minimum Gasteiger partial charge on any atom is -0.354 e. The lowest BCUT2D eigenvalue weighted by atomic mass is 10.2. The Bertz CT molecular complexity index is 769. The number of aromatic amines is 1. The Labute approximate surface area is 136 Å². The molecule has 0 aliphatic carbocycles. The highest BCUT2D eigenvalue weighted by atomic mass is 15.3. The first-order valence-corrected chi connectivity index (χ1v) is 8.12. The smallest absolute Gasteiger partial charge is 0.131 e. The highest BCUT2D eigenvalue weighted by Crippen LogP contribution is 2.19. The van der Waals surface area contributed by atoms with Crippen LogP contribution >= 0.6 is 0 Å². The molecule has 1 aromatic carbocycles. The van der Waals surface area contributed by atoms with Gasteiger partial charge in [-0.3, -0.25) is 4.90 Å². The first-order valence-electron chi connectivity index (χ1n) is 8.12. The standard InChI is InChI=1S/C18H21N5/c1-14-5-4-8-19-18(14)23-11-9-22(10-12-23)13-17-20-15-6-2-3-7-16(15)21-17/h2-8H,9-13H2,1H3,(H,20,21). The normalized spacial score (nSPS) is 16.1. The number of piperazine rings is 1. The number of hydrogen-bond acceptors (Lipinski definition) is 4. The summed E-state index contributed by atoms with van der Waals surface area (Å²) in [6.45, 7) is 7.10. The van der Waals surface area contributed by atoms with E-state index in [0.717, 1.165) is 55.4 Å². The van der Waals surface area contributed by atoms with Crippen molar-refractivity contribution in [2.45, 2.75) is 13.5 Å². The summed E-state index contributed by atoms with van der Waals surface area (Å²) in [5.41, 5.74) is 3.41. The average Bonchev–Trinajstić information content (AvgIpc) is 2.98. The molecule has 0 amide bonds. The van der Waals surface area contributed by atoms with Crippen LogP contribution in [-0.2, 0) is 6.54 Å². The number of imidazole rings is 1. The van der Waals surface area contributed by atoms with Crippen molar-refractivity contribution in [2.24, 2.45) is 0 Å². The van der Waals surface area contributed by atoms with Crippen LogP contribution in [-0.4, -0.2) is 46.0 Å². The molecule has 1 aliphatic heterocycles. The molecule has 0 spiro atoms. The number of aryl methyl sites for hydroxylation is 1. The Morgan fingerprint density at radius 2 is 1.87 bits per heavy atom. The van der Waals surface area contributed by atoms with Gasteiger partial charge in [-0.25, -0.2) is 9.97 Å². The summed E-state index contributed by atoms with van der Waals surface area (Å²) in [5.74, 6) is 2.17. The number of nitrogens with zero attached hydrogens (tertiary/aromatic N) is 4. The van der Waals surface area contributed by atoms with Crippen LogP contribution in [0.3, 0.4) is 0 Å². The third-order valence-corrected chi connectivity index (χ3v) is 4.47. The largest absolute Gasteiger partial charge is 0.354 e. The minimum absolute atomic E-state index is 0.879. The Kier molecular flexibility index (Phi) is 3.71. The number of H-pyrrole nitrogens is 1. The zero-order valence-corrected chi connectivity index (χ0v) is 13.4. The van der Waals surface area contributed by atoms with Crippen molar-refractivity contribution in [3.63, 3.8) is 0 Å². The molecule has 1 fully saturated rings. The van der Waals surface area contributed by atoms with Gasteiger partial charge in [-0.1, -0.05) is 18.2 Å². The molecule has 0 saturated carbocycles. The molecule has 0 atom stereocenters. The molecule has 1 aliphatic rings. The summed E-state index contributed by atoms with van der Waals surface area (Å²) in [5, 5.41) is 0. The van der Waals surface area contributed by atoms with Crippen molar-refractivity contribution in [3.8, 4) is 0 Å². The molecule has 1 N–H and O–H groups in total. The number of nitrogens with one attached hydrogen (secondary N) is 1. The summed E-state index contributed by atoms with van der Waals surface area (Å²) >= 11 is 0. The van der Waals surface area contributed by atoms with Gasteiger partial charge in [0.05, 0.1) is 17.6 Å². The molecule has 2 aromatic heterocycles. The van der Waals surface area contributed by atoms with Crippen molar-refractivity contribution in [2.75, 3.05) is 31.1 Å². The van der Waals surface area contributed by atoms with Crippen LogP contribution in [0.15, 0.2) is 42.6 Å². The Morgan fingerprint density at radius 3 is 2.65 bits per heavy atom. The fraction of sp³-hybridized carbons (Fsp3) is 0.333. The van der Waals surface area contributed by atoms with E-state index in [1.165, 1.54) is 5.56 Å². The van der Waals surface area contributed by atoms with Crippen LogP contribution in [0.1, 0.15) is 11.4 Å². The van der Waals surface area contributed by atoms with Gasteiger partial charge in [0.2, 0.25) is 0 Å². The van der Waals surface area contributed by atoms with Crippen LogP contribution in [0.4, 0.5) is 5.82 Å². The summed E-state index contributed by atoms with van der Waals surface area (Å²) < 4.78 is 0. The van der Waals surface area contributed by atoms with Crippen molar-refractivity contribution >= 4 is 16.9 Å². The van der Waals surface area contributed by atoms with Crippen LogP contribution in [0.25, 0.3) is 11.0 Å². The minimum atomic E-state index is 0.879. The van der Waals surface area contributed by atoms with E-state index in [2.05, 4.69) is 49.9 Å². The SMILES string of the molecule is Cc1cccnc1N1CCN(Cc2nc3ccccc3[nH]2)CC1. The molecule has 118 valence electrons. The van der Waals surface area contributed by atoms with Gasteiger partial charge in [0.25, 0.3) is 0 Å². The number of anilines is 1. The van der Waals surface area contributed by atoms with Crippen molar-refractivity contribution in [3.05, 3.63) is 54.0 Å². The molecule has 23 heavy (non-hydrogen) atoms. The van der Waals surface area contributed by atoms with Crippen molar-refractivity contribution in [1.82, 2.24) is 19.9 Å². The second-order valence-corrected chi connectivity index (χ2v) is 6.11. The number of hydrogen-bond donors (Lipinski definition) is 1. The lowest BCUT2D eigenvalue weighted by Crippen LogP contribution is -2.46. The van der Waals surface area contributed by atoms with Crippen molar-refractivity contribution in [1.29, 1.82) is 0 Å². The van der Waals surface area contributed by atoms with Gasteiger partial charge >= 0.3 is 0 Å². The van der Waals surface area contributed by atoms with Crippen LogP contribution in [0, 0.1) is 6.92 Å². The van der Waals surface area contributed by atoms with E-state index < -0.39 is 0 Å². The van der Waals surface area contributed by atoms with Crippen LogP contribution < -0.4 is 4.90 Å². The zero-order chi connectivity index (χ0) is 15.6. The first kappa shape index (κ1) is 14.2. The number of benzene rings is 1. The number of rotatable bonds is 3. The average molecular weight is 307 g/mol. The zero-order valence-electron chi connectivity index (χ0n) is 13.4. The summed E-state index contributed by atoms with van der Waals surface area (Å²) in [6.07, 6.45) is 1.88. The lowest BCUT2D eigenvalue weighted by molar-refractivity contribution is 0.244. The molecule has 3 heterocycles. The van der Waals surface area contributed by atoms with Crippen LogP contribution in [0.5, 0.6) is 0 Å². The highest BCUT2D eigenvalue weighted by molar-refractivity contribution is 5.74. The predicted molar refractivity (Wildman–Crippen MR) is 92.6 cm³/mol. The van der Waals surface area contributed by atoms with Gasteiger partial charge < -0.3 is 9.88 Å². The molecule has 3 aromatic rings. The topological polar surface area (TPSA) is 48.1 Å². The summed E-state index contributed by atoms with van der Waals surface area (Å²) in [4.78, 5) is 17.5. The van der Waals surface area contributed by atoms with Gasteiger partial charge in [0.15, 0.2) is 0 Å². The molecule has 1 saturated heterocycles. The second kappa shape index (κ2) is 6.01. The Morgan fingerprint density at radius 1 is 1.04 bits per heavy atom. The lowest BCUT2D eigenvalue weighted by Gasteiger charge is -2.35. The maximum Gasteiger partial charge on any atom is 0.131 e. The van der Waals surface area contributed by atoms with Gasteiger partial charge in [-0.05, 0) is 30.7 Å². The van der Waals surface area contributed by atoms with E-state index >= 15 is 0 Å². The number of aromatic nitrogens is 3. The third-order valence-electron chi connectivity index (χ3n) is 4.47. The summed E-state index contributed by atoms with van der Waals surface area (Å²) in [7, 11) is 0.